The number of pyridine rings is 1. The van der Waals surface area contributed by atoms with Crippen molar-refractivity contribution in [2.24, 2.45) is 0 Å². The van der Waals surface area contributed by atoms with E-state index in [4.69, 9.17) is 5.26 Å². The highest BCUT2D eigenvalue weighted by Crippen LogP contribution is 2.27. The number of imide groups is 1. The number of carbonyl (C=O) groups excluding carboxylic acids is 2. The number of hydrogen-bond donors (Lipinski definition) is 0. The van der Waals surface area contributed by atoms with Gasteiger partial charge in [0.25, 0.3) is 11.8 Å². The Morgan fingerprint density at radius 3 is 2.28 bits per heavy atom. The first-order valence-corrected chi connectivity index (χ1v) is 8.94. The first kappa shape index (κ1) is 16.8. The van der Waals surface area contributed by atoms with Crippen LogP contribution in [0.4, 0.5) is 0 Å². The Balaban J connectivity index is 1.56. The summed E-state index contributed by atoms with van der Waals surface area (Å²) in [4.78, 5) is 30.9. The molecule has 0 spiro atoms. The molecule has 1 aliphatic heterocycles. The minimum atomic E-state index is -0.299. The van der Waals surface area contributed by atoms with E-state index in [1.54, 1.807) is 40.9 Å². The molecule has 29 heavy (non-hydrogen) atoms. The number of nitrogens with zero attached hydrogens (tertiary/aromatic N) is 5. The molecular formula is C22H13N5O2. The fourth-order valence-electron chi connectivity index (χ4n) is 3.56. The summed E-state index contributed by atoms with van der Waals surface area (Å²) >= 11 is 0. The number of aromatic nitrogens is 3. The SMILES string of the molecule is N#Cc1ccc(-c2cc(CN3C(=O)c4ccccc4C3=O)cc3ncnn23)cc1. The fraction of sp³-hybridized carbons (Fsp3) is 0.0455. The first-order valence-electron chi connectivity index (χ1n) is 8.94. The fourth-order valence-corrected chi connectivity index (χ4v) is 3.56. The molecule has 0 fully saturated rings. The molecule has 2 aromatic carbocycles. The Morgan fingerprint density at radius 1 is 0.931 bits per heavy atom. The number of rotatable bonds is 3. The smallest absolute Gasteiger partial charge is 0.261 e. The van der Waals surface area contributed by atoms with Gasteiger partial charge in [0, 0.05) is 5.56 Å². The maximum absolute atomic E-state index is 12.7. The minimum Gasteiger partial charge on any atom is -0.270 e. The number of hydrogen-bond acceptors (Lipinski definition) is 5. The summed E-state index contributed by atoms with van der Waals surface area (Å²) in [5.74, 6) is -0.598. The summed E-state index contributed by atoms with van der Waals surface area (Å²) < 4.78 is 1.69. The van der Waals surface area contributed by atoms with Crippen molar-refractivity contribution in [2.45, 2.75) is 6.54 Å². The van der Waals surface area contributed by atoms with Crippen molar-refractivity contribution in [3.8, 4) is 17.3 Å². The van der Waals surface area contributed by atoms with Gasteiger partial charge in [0.05, 0.1) is 35.0 Å². The summed E-state index contributed by atoms with van der Waals surface area (Å²) in [6.45, 7) is 0.138. The van der Waals surface area contributed by atoms with Gasteiger partial charge in [-0.1, -0.05) is 24.3 Å². The van der Waals surface area contributed by atoms with Crippen molar-refractivity contribution >= 4 is 17.5 Å². The molecule has 0 bridgehead atoms. The number of carbonyl (C=O) groups is 2. The zero-order valence-corrected chi connectivity index (χ0v) is 15.1. The molecular weight excluding hydrogens is 366 g/mol. The van der Waals surface area contributed by atoms with Gasteiger partial charge >= 0.3 is 0 Å². The van der Waals surface area contributed by atoms with E-state index in [0.717, 1.165) is 16.8 Å². The first-order chi connectivity index (χ1) is 14.2. The van der Waals surface area contributed by atoms with E-state index in [2.05, 4.69) is 16.2 Å². The predicted molar refractivity (Wildman–Crippen MR) is 104 cm³/mol. The quantitative estimate of drug-likeness (QED) is 0.510. The molecule has 138 valence electrons. The van der Waals surface area contributed by atoms with Gasteiger partial charge in [-0.3, -0.25) is 14.5 Å². The number of amides is 2. The molecule has 2 amide bonds. The van der Waals surface area contributed by atoms with Crippen LogP contribution in [-0.4, -0.2) is 31.3 Å². The van der Waals surface area contributed by atoms with Gasteiger partial charge in [0.2, 0.25) is 0 Å². The van der Waals surface area contributed by atoms with Gasteiger partial charge in [-0.15, -0.1) is 0 Å². The molecule has 7 nitrogen and oxygen atoms in total. The van der Waals surface area contributed by atoms with E-state index in [1.807, 2.05) is 24.3 Å². The van der Waals surface area contributed by atoms with Gasteiger partial charge in [0.15, 0.2) is 5.65 Å². The molecule has 0 aliphatic carbocycles. The van der Waals surface area contributed by atoms with Gasteiger partial charge in [-0.05, 0) is 42.0 Å². The Hall–Kier alpha value is -4.31. The lowest BCUT2D eigenvalue weighted by Gasteiger charge is -2.15. The standard InChI is InChI=1S/C22H13N5O2/c23-11-14-5-7-16(8-6-14)19-9-15(10-20-24-13-25-27(19)20)12-26-21(28)17-3-1-2-4-18(17)22(26)29/h1-10,13H,12H2. The minimum absolute atomic E-state index is 0.138. The van der Waals surface area contributed by atoms with Crippen LogP contribution in [0.5, 0.6) is 0 Å². The highest BCUT2D eigenvalue weighted by molar-refractivity contribution is 6.21. The molecule has 0 saturated carbocycles. The lowest BCUT2D eigenvalue weighted by atomic mass is 10.1. The molecule has 0 saturated heterocycles. The normalized spacial score (nSPS) is 13.0. The Morgan fingerprint density at radius 2 is 1.62 bits per heavy atom. The van der Waals surface area contributed by atoms with E-state index in [9.17, 15) is 9.59 Å². The van der Waals surface area contributed by atoms with E-state index in [0.29, 0.717) is 22.3 Å². The van der Waals surface area contributed by atoms with Gasteiger partial charge in [0.1, 0.15) is 6.33 Å². The lowest BCUT2D eigenvalue weighted by molar-refractivity contribution is 0.0642. The zero-order valence-electron chi connectivity index (χ0n) is 15.1. The monoisotopic (exact) mass is 379 g/mol. The Labute approximate surface area is 165 Å². The Kier molecular flexibility index (Phi) is 3.71. The molecule has 0 radical (unpaired) electrons. The van der Waals surface area contributed by atoms with Crippen LogP contribution in [0.3, 0.4) is 0 Å². The number of benzene rings is 2. The van der Waals surface area contributed by atoms with E-state index >= 15 is 0 Å². The van der Waals surface area contributed by atoms with E-state index < -0.39 is 0 Å². The van der Waals surface area contributed by atoms with Crippen molar-refractivity contribution < 1.29 is 9.59 Å². The van der Waals surface area contributed by atoms with E-state index in [1.165, 1.54) is 11.2 Å². The largest absolute Gasteiger partial charge is 0.270 e. The number of fused-ring (bicyclic) bond motifs is 2. The highest BCUT2D eigenvalue weighted by atomic mass is 16.2. The van der Waals surface area contributed by atoms with Gasteiger partial charge in [-0.25, -0.2) is 9.50 Å². The van der Waals surface area contributed by atoms with Crippen molar-refractivity contribution in [1.82, 2.24) is 19.5 Å². The molecule has 1 aliphatic rings. The molecule has 0 N–H and O–H groups in total. The number of nitriles is 1. The van der Waals surface area contributed by atoms with Crippen LogP contribution in [0.25, 0.3) is 16.9 Å². The summed E-state index contributed by atoms with van der Waals surface area (Å²) in [5.41, 5.74) is 4.39. The molecule has 2 aromatic heterocycles. The topological polar surface area (TPSA) is 91.4 Å². The van der Waals surface area contributed by atoms with Gasteiger partial charge < -0.3 is 0 Å². The van der Waals surface area contributed by atoms with Crippen LogP contribution in [0, 0.1) is 11.3 Å². The average Bonchev–Trinajstić information content (AvgIpc) is 3.33. The van der Waals surface area contributed by atoms with Crippen LogP contribution < -0.4 is 0 Å². The van der Waals surface area contributed by atoms with Crippen molar-refractivity contribution in [2.75, 3.05) is 0 Å². The lowest BCUT2D eigenvalue weighted by Crippen LogP contribution is -2.29. The third-order valence-corrected chi connectivity index (χ3v) is 4.97. The van der Waals surface area contributed by atoms with Crippen molar-refractivity contribution in [3.05, 3.63) is 89.2 Å². The van der Waals surface area contributed by atoms with Crippen LogP contribution in [0.2, 0.25) is 0 Å². The molecule has 3 heterocycles. The Bertz CT molecular complexity index is 1300. The second-order valence-electron chi connectivity index (χ2n) is 6.71. The zero-order chi connectivity index (χ0) is 20.0. The van der Waals surface area contributed by atoms with Crippen molar-refractivity contribution in [1.29, 1.82) is 5.26 Å². The summed E-state index contributed by atoms with van der Waals surface area (Å²) in [5, 5.41) is 13.3. The third-order valence-electron chi connectivity index (χ3n) is 4.97. The van der Waals surface area contributed by atoms with Crippen LogP contribution >= 0.6 is 0 Å². The van der Waals surface area contributed by atoms with Gasteiger partial charge in [-0.2, -0.15) is 10.4 Å². The summed E-state index contributed by atoms with van der Waals surface area (Å²) in [6.07, 6.45) is 1.45. The second kappa shape index (κ2) is 6.39. The average molecular weight is 379 g/mol. The molecule has 7 heteroatoms. The third kappa shape index (κ3) is 2.66. The van der Waals surface area contributed by atoms with Crippen LogP contribution in [0.1, 0.15) is 31.8 Å². The van der Waals surface area contributed by atoms with Crippen molar-refractivity contribution in [3.63, 3.8) is 0 Å². The highest BCUT2D eigenvalue weighted by Gasteiger charge is 2.35. The molecule has 4 aromatic rings. The summed E-state index contributed by atoms with van der Waals surface area (Å²) in [6, 6.07) is 19.8. The predicted octanol–water partition coefficient (Wildman–Crippen LogP) is 3.06. The molecule has 0 atom stereocenters. The second-order valence-corrected chi connectivity index (χ2v) is 6.71. The maximum atomic E-state index is 12.7. The molecule has 0 unspecified atom stereocenters. The molecule has 5 rings (SSSR count). The van der Waals surface area contributed by atoms with Crippen LogP contribution in [0.15, 0.2) is 67.0 Å². The summed E-state index contributed by atoms with van der Waals surface area (Å²) in [7, 11) is 0. The van der Waals surface area contributed by atoms with E-state index in [-0.39, 0.29) is 18.4 Å². The van der Waals surface area contributed by atoms with Crippen LogP contribution in [-0.2, 0) is 6.54 Å². The maximum Gasteiger partial charge on any atom is 0.261 e.